The average Bonchev–Trinajstić information content (AvgIpc) is 2.37. The Bertz CT molecular complexity index is 416. The molecule has 1 rings (SSSR count). The first-order valence-corrected chi connectivity index (χ1v) is 6.83. The number of nitrogens with one attached hydrogen (secondary N) is 2. The Morgan fingerprint density at radius 2 is 2.21 bits per heavy atom. The molecule has 0 radical (unpaired) electrons. The van der Waals surface area contributed by atoms with Crippen LogP contribution < -0.4 is 10.6 Å². The first-order valence-electron chi connectivity index (χ1n) is 6.03. The third kappa shape index (κ3) is 6.66. The van der Waals surface area contributed by atoms with Gasteiger partial charge in [-0.2, -0.15) is 0 Å². The van der Waals surface area contributed by atoms with E-state index in [1.54, 1.807) is 19.2 Å². The second-order valence-electron chi connectivity index (χ2n) is 4.01. The molecule has 1 aromatic rings. The number of amides is 1. The lowest BCUT2D eigenvalue weighted by atomic mass is 10.2. The van der Waals surface area contributed by atoms with Gasteiger partial charge in [-0.25, -0.2) is 4.39 Å². The highest BCUT2D eigenvalue weighted by Gasteiger charge is 2.03. The lowest BCUT2D eigenvalue weighted by Gasteiger charge is -2.07. The van der Waals surface area contributed by atoms with Crippen LogP contribution >= 0.6 is 15.9 Å². The van der Waals surface area contributed by atoms with Crippen LogP contribution in [0.1, 0.15) is 12.0 Å². The van der Waals surface area contributed by atoms with E-state index < -0.39 is 0 Å². The first kappa shape index (κ1) is 16.1. The summed E-state index contributed by atoms with van der Waals surface area (Å²) in [6, 6.07) is 4.93. The maximum absolute atomic E-state index is 13.5. The Kier molecular flexibility index (Phi) is 7.62. The Morgan fingerprint density at radius 3 is 2.89 bits per heavy atom. The molecule has 0 bridgehead atoms. The molecule has 0 aliphatic heterocycles. The van der Waals surface area contributed by atoms with Crippen LogP contribution in [0, 0.1) is 5.82 Å². The molecule has 0 aliphatic carbocycles. The number of hydrogen-bond donors (Lipinski definition) is 2. The zero-order valence-electron chi connectivity index (χ0n) is 10.8. The summed E-state index contributed by atoms with van der Waals surface area (Å²) in [7, 11) is 1.58. The topological polar surface area (TPSA) is 50.4 Å². The van der Waals surface area contributed by atoms with Gasteiger partial charge in [-0.3, -0.25) is 4.79 Å². The normalized spacial score (nSPS) is 10.5. The number of methoxy groups -OCH3 is 1. The fourth-order valence-corrected chi connectivity index (χ4v) is 1.80. The summed E-state index contributed by atoms with van der Waals surface area (Å²) in [4.78, 5) is 11.4. The molecule has 2 N–H and O–H groups in total. The van der Waals surface area contributed by atoms with Crippen LogP contribution in [0.4, 0.5) is 4.39 Å². The summed E-state index contributed by atoms with van der Waals surface area (Å²) < 4.78 is 19.0. The summed E-state index contributed by atoms with van der Waals surface area (Å²) in [6.45, 7) is 1.93. The van der Waals surface area contributed by atoms with Crippen LogP contribution in [0.2, 0.25) is 0 Å². The highest BCUT2D eigenvalue weighted by Crippen LogP contribution is 2.14. The molecule has 6 heteroatoms. The van der Waals surface area contributed by atoms with Crippen molar-refractivity contribution in [3.05, 3.63) is 34.1 Å². The van der Waals surface area contributed by atoms with Gasteiger partial charge in [-0.15, -0.1) is 0 Å². The molecular formula is C13H18BrFN2O2. The first-order chi connectivity index (χ1) is 9.13. The van der Waals surface area contributed by atoms with Crippen LogP contribution in [0.3, 0.4) is 0 Å². The van der Waals surface area contributed by atoms with Crippen molar-refractivity contribution in [2.24, 2.45) is 0 Å². The number of rotatable bonds is 8. The number of carbonyl (C=O) groups excluding carboxylic acids is 1. The summed E-state index contributed by atoms with van der Waals surface area (Å²) in [6.07, 6.45) is 0.363. The minimum atomic E-state index is -0.258. The van der Waals surface area contributed by atoms with E-state index in [0.29, 0.717) is 42.7 Å². The van der Waals surface area contributed by atoms with Gasteiger partial charge in [0.15, 0.2) is 0 Å². The molecule has 1 aromatic carbocycles. The molecule has 0 fully saturated rings. The van der Waals surface area contributed by atoms with Gasteiger partial charge in [-0.05, 0) is 12.1 Å². The number of hydrogen-bond acceptors (Lipinski definition) is 3. The zero-order chi connectivity index (χ0) is 14.1. The highest BCUT2D eigenvalue weighted by atomic mass is 79.9. The second kappa shape index (κ2) is 9.01. The monoisotopic (exact) mass is 332 g/mol. The van der Waals surface area contributed by atoms with E-state index in [2.05, 4.69) is 26.6 Å². The van der Waals surface area contributed by atoms with Gasteiger partial charge in [0, 0.05) is 43.2 Å². The van der Waals surface area contributed by atoms with E-state index >= 15 is 0 Å². The maximum atomic E-state index is 13.5. The van der Waals surface area contributed by atoms with Crippen molar-refractivity contribution in [3.8, 4) is 0 Å². The predicted molar refractivity (Wildman–Crippen MR) is 75.3 cm³/mol. The van der Waals surface area contributed by atoms with Crippen molar-refractivity contribution in [3.63, 3.8) is 0 Å². The van der Waals surface area contributed by atoms with Gasteiger partial charge >= 0.3 is 0 Å². The lowest BCUT2D eigenvalue weighted by molar-refractivity contribution is -0.121. The van der Waals surface area contributed by atoms with Gasteiger partial charge < -0.3 is 15.4 Å². The predicted octanol–water partition coefficient (Wildman–Crippen LogP) is 1.83. The van der Waals surface area contributed by atoms with Crippen molar-refractivity contribution >= 4 is 21.8 Å². The van der Waals surface area contributed by atoms with E-state index in [9.17, 15) is 9.18 Å². The summed E-state index contributed by atoms with van der Waals surface area (Å²) >= 11 is 3.20. The molecule has 0 atom stereocenters. The smallest absolute Gasteiger partial charge is 0.221 e. The van der Waals surface area contributed by atoms with E-state index in [1.165, 1.54) is 6.07 Å². The fraction of sp³-hybridized carbons (Fsp3) is 0.462. The van der Waals surface area contributed by atoms with E-state index in [4.69, 9.17) is 4.74 Å². The van der Waals surface area contributed by atoms with E-state index in [0.717, 1.165) is 0 Å². The Morgan fingerprint density at radius 1 is 1.42 bits per heavy atom. The number of carbonyl (C=O) groups is 1. The molecule has 0 aliphatic rings. The number of ether oxygens (including phenoxy) is 1. The summed E-state index contributed by atoms with van der Waals surface area (Å²) in [5.41, 5.74) is 0.586. The molecular weight excluding hydrogens is 315 g/mol. The van der Waals surface area contributed by atoms with Crippen LogP contribution in [0.5, 0.6) is 0 Å². The number of halogens is 2. The quantitative estimate of drug-likeness (QED) is 0.714. The molecule has 0 heterocycles. The highest BCUT2D eigenvalue weighted by molar-refractivity contribution is 9.10. The minimum Gasteiger partial charge on any atom is -0.383 e. The third-order valence-electron chi connectivity index (χ3n) is 2.49. The molecule has 0 unspecified atom stereocenters. The zero-order valence-corrected chi connectivity index (χ0v) is 12.4. The molecule has 106 valence electrons. The van der Waals surface area contributed by atoms with Gasteiger partial charge in [0.1, 0.15) is 5.82 Å². The molecule has 19 heavy (non-hydrogen) atoms. The van der Waals surface area contributed by atoms with Crippen molar-refractivity contribution in [1.82, 2.24) is 10.6 Å². The van der Waals surface area contributed by atoms with Crippen LogP contribution in [-0.4, -0.2) is 32.7 Å². The van der Waals surface area contributed by atoms with E-state index in [-0.39, 0.29) is 11.7 Å². The van der Waals surface area contributed by atoms with Gasteiger partial charge in [0.25, 0.3) is 0 Å². The van der Waals surface area contributed by atoms with Gasteiger partial charge in [-0.1, -0.05) is 22.0 Å². The Balaban J connectivity index is 2.18. The summed E-state index contributed by atoms with van der Waals surface area (Å²) in [5, 5.41) is 5.75. The van der Waals surface area contributed by atoms with E-state index in [1.807, 2.05) is 0 Å². The molecule has 0 aromatic heterocycles. The third-order valence-corrected chi connectivity index (χ3v) is 2.98. The molecule has 0 saturated carbocycles. The molecule has 4 nitrogen and oxygen atoms in total. The largest absolute Gasteiger partial charge is 0.383 e. The fourth-order valence-electron chi connectivity index (χ4n) is 1.47. The second-order valence-corrected chi connectivity index (χ2v) is 4.92. The average molecular weight is 333 g/mol. The lowest BCUT2D eigenvalue weighted by Crippen LogP contribution is -2.30. The van der Waals surface area contributed by atoms with Crippen LogP contribution in [0.15, 0.2) is 22.7 Å². The van der Waals surface area contributed by atoms with Gasteiger partial charge in [0.05, 0.1) is 6.61 Å². The minimum absolute atomic E-state index is 0.0409. The molecule has 1 amide bonds. The van der Waals surface area contributed by atoms with Crippen LogP contribution in [-0.2, 0) is 16.1 Å². The van der Waals surface area contributed by atoms with Gasteiger partial charge in [0.2, 0.25) is 5.91 Å². The SMILES string of the molecule is COCCNC(=O)CCNCc1ccc(Br)cc1F. The Hall–Kier alpha value is -0.980. The van der Waals surface area contributed by atoms with Crippen molar-refractivity contribution in [1.29, 1.82) is 0 Å². The van der Waals surface area contributed by atoms with Crippen molar-refractivity contribution in [2.75, 3.05) is 26.8 Å². The van der Waals surface area contributed by atoms with Crippen molar-refractivity contribution in [2.45, 2.75) is 13.0 Å². The van der Waals surface area contributed by atoms with Crippen molar-refractivity contribution < 1.29 is 13.9 Å². The standard InChI is InChI=1S/C13H18BrFN2O2/c1-19-7-6-17-13(18)4-5-16-9-10-2-3-11(14)8-12(10)15/h2-3,8,16H,4-7,9H2,1H3,(H,17,18). The Labute approximate surface area is 120 Å². The molecule has 0 spiro atoms. The number of benzene rings is 1. The summed E-state index contributed by atoms with van der Waals surface area (Å²) in [5.74, 6) is -0.299. The molecule has 0 saturated heterocycles. The van der Waals surface area contributed by atoms with Crippen LogP contribution in [0.25, 0.3) is 0 Å². The maximum Gasteiger partial charge on any atom is 0.221 e.